The molecule has 0 atom stereocenters. The monoisotopic (exact) mass is 180 g/mol. The standard InChI is InChI=1S/C8H11F3O/c1-7(4-5-7)6(12)2-3-8(9,10)11/h2-5H2,1H3. The summed E-state index contributed by atoms with van der Waals surface area (Å²) < 4.78 is 35.0. The summed E-state index contributed by atoms with van der Waals surface area (Å²) in [5.41, 5.74) is -0.411. The zero-order chi connectivity index (χ0) is 9.41. The van der Waals surface area contributed by atoms with E-state index >= 15 is 0 Å². The van der Waals surface area contributed by atoms with Crippen LogP contribution in [0.25, 0.3) is 0 Å². The molecule has 0 saturated heterocycles. The molecule has 0 spiro atoms. The van der Waals surface area contributed by atoms with Crippen LogP contribution in [0.5, 0.6) is 0 Å². The average molecular weight is 180 g/mol. The molecule has 1 aliphatic carbocycles. The van der Waals surface area contributed by atoms with Crippen LogP contribution < -0.4 is 0 Å². The lowest BCUT2D eigenvalue weighted by Gasteiger charge is -2.08. The van der Waals surface area contributed by atoms with Crippen LogP contribution in [0.3, 0.4) is 0 Å². The Labute approximate surface area is 68.9 Å². The van der Waals surface area contributed by atoms with Crippen molar-refractivity contribution in [2.24, 2.45) is 5.41 Å². The molecule has 1 rings (SSSR count). The van der Waals surface area contributed by atoms with Crippen LogP contribution in [-0.4, -0.2) is 12.0 Å². The minimum atomic E-state index is -4.19. The predicted octanol–water partition coefficient (Wildman–Crippen LogP) is 2.70. The quantitative estimate of drug-likeness (QED) is 0.652. The number of carbonyl (C=O) groups excluding carboxylic acids is 1. The van der Waals surface area contributed by atoms with Crippen molar-refractivity contribution in [2.75, 3.05) is 0 Å². The van der Waals surface area contributed by atoms with Gasteiger partial charge in [-0.25, -0.2) is 0 Å². The summed E-state index contributed by atoms with van der Waals surface area (Å²) >= 11 is 0. The molecule has 12 heavy (non-hydrogen) atoms. The maximum Gasteiger partial charge on any atom is 0.389 e. The molecule has 0 radical (unpaired) electrons. The molecular weight excluding hydrogens is 169 g/mol. The number of rotatable bonds is 3. The number of alkyl halides is 3. The van der Waals surface area contributed by atoms with E-state index in [1.165, 1.54) is 0 Å². The summed E-state index contributed by atoms with van der Waals surface area (Å²) in [4.78, 5) is 11.1. The number of hydrogen-bond donors (Lipinski definition) is 0. The van der Waals surface area contributed by atoms with Gasteiger partial charge in [-0.1, -0.05) is 6.92 Å². The first-order valence-electron chi connectivity index (χ1n) is 3.94. The topological polar surface area (TPSA) is 17.1 Å². The Kier molecular flexibility index (Phi) is 2.19. The molecule has 0 bridgehead atoms. The van der Waals surface area contributed by atoms with Crippen molar-refractivity contribution in [1.29, 1.82) is 0 Å². The highest BCUT2D eigenvalue weighted by atomic mass is 19.4. The highest BCUT2D eigenvalue weighted by molar-refractivity contribution is 5.86. The van der Waals surface area contributed by atoms with Gasteiger partial charge in [0.25, 0.3) is 0 Å². The number of halogens is 3. The van der Waals surface area contributed by atoms with Crippen LogP contribution in [-0.2, 0) is 4.79 Å². The molecule has 0 aromatic carbocycles. The maximum atomic E-state index is 11.7. The smallest absolute Gasteiger partial charge is 0.299 e. The summed E-state index contributed by atoms with van der Waals surface area (Å²) in [6, 6.07) is 0. The Bertz CT molecular complexity index is 191. The van der Waals surface area contributed by atoms with Crippen molar-refractivity contribution in [1.82, 2.24) is 0 Å². The van der Waals surface area contributed by atoms with E-state index in [4.69, 9.17) is 0 Å². The van der Waals surface area contributed by atoms with E-state index in [2.05, 4.69) is 0 Å². The third-order valence-electron chi connectivity index (χ3n) is 2.31. The van der Waals surface area contributed by atoms with E-state index in [-0.39, 0.29) is 12.2 Å². The fraction of sp³-hybridized carbons (Fsp3) is 0.875. The molecule has 1 saturated carbocycles. The lowest BCUT2D eigenvalue weighted by molar-refractivity contribution is -0.145. The Morgan fingerprint density at radius 3 is 2.25 bits per heavy atom. The fourth-order valence-corrected chi connectivity index (χ4v) is 1.02. The van der Waals surface area contributed by atoms with Crippen molar-refractivity contribution >= 4 is 5.78 Å². The molecule has 0 heterocycles. The summed E-state index contributed by atoms with van der Waals surface area (Å²) in [5.74, 6) is -0.236. The van der Waals surface area contributed by atoms with E-state index in [9.17, 15) is 18.0 Å². The Balaban J connectivity index is 2.29. The van der Waals surface area contributed by atoms with Crippen molar-refractivity contribution in [3.63, 3.8) is 0 Å². The first-order valence-corrected chi connectivity index (χ1v) is 3.94. The summed E-state index contributed by atoms with van der Waals surface area (Å²) in [6.45, 7) is 1.73. The normalized spacial score (nSPS) is 20.7. The van der Waals surface area contributed by atoms with Crippen LogP contribution in [0, 0.1) is 5.41 Å². The van der Waals surface area contributed by atoms with Gasteiger partial charge in [0, 0.05) is 11.8 Å². The van der Waals surface area contributed by atoms with Gasteiger partial charge < -0.3 is 0 Å². The van der Waals surface area contributed by atoms with Gasteiger partial charge in [0.05, 0.1) is 6.42 Å². The van der Waals surface area contributed by atoms with E-state index in [0.717, 1.165) is 12.8 Å². The second-order valence-electron chi connectivity index (χ2n) is 3.60. The molecule has 0 aromatic heterocycles. The Morgan fingerprint density at radius 2 is 1.92 bits per heavy atom. The zero-order valence-electron chi connectivity index (χ0n) is 6.87. The van der Waals surface area contributed by atoms with E-state index in [0.29, 0.717) is 0 Å². The molecule has 0 unspecified atom stereocenters. The van der Waals surface area contributed by atoms with Gasteiger partial charge in [-0.15, -0.1) is 0 Å². The second kappa shape index (κ2) is 2.75. The molecule has 0 aliphatic heterocycles. The van der Waals surface area contributed by atoms with Crippen LogP contribution in [0.2, 0.25) is 0 Å². The minimum absolute atomic E-state index is 0.236. The fourth-order valence-electron chi connectivity index (χ4n) is 1.02. The van der Waals surface area contributed by atoms with Gasteiger partial charge in [-0.3, -0.25) is 4.79 Å². The number of ketones is 1. The molecular formula is C8H11F3O. The molecule has 1 nitrogen and oxygen atoms in total. The van der Waals surface area contributed by atoms with Gasteiger partial charge in [0.1, 0.15) is 5.78 Å². The first-order chi connectivity index (χ1) is 5.33. The Morgan fingerprint density at radius 1 is 1.42 bits per heavy atom. The summed E-state index contributed by atoms with van der Waals surface area (Å²) in [6.07, 6.45) is -4.00. The van der Waals surface area contributed by atoms with Gasteiger partial charge in [0.2, 0.25) is 0 Å². The number of Topliss-reactive ketones (excluding diaryl/α,β-unsaturated/α-hetero) is 1. The number of carbonyl (C=O) groups is 1. The van der Waals surface area contributed by atoms with Crippen molar-refractivity contribution in [3.05, 3.63) is 0 Å². The molecule has 0 amide bonds. The van der Waals surface area contributed by atoms with Gasteiger partial charge in [-0.05, 0) is 12.8 Å². The third-order valence-corrected chi connectivity index (χ3v) is 2.31. The average Bonchev–Trinajstić information content (AvgIpc) is 2.62. The van der Waals surface area contributed by atoms with Gasteiger partial charge in [-0.2, -0.15) is 13.2 Å². The van der Waals surface area contributed by atoms with Crippen molar-refractivity contribution in [2.45, 2.75) is 38.8 Å². The molecule has 1 fully saturated rings. The van der Waals surface area contributed by atoms with Crippen molar-refractivity contribution < 1.29 is 18.0 Å². The lowest BCUT2D eigenvalue weighted by atomic mass is 10.00. The predicted molar refractivity (Wildman–Crippen MR) is 37.6 cm³/mol. The second-order valence-corrected chi connectivity index (χ2v) is 3.60. The number of hydrogen-bond acceptors (Lipinski definition) is 1. The Hall–Kier alpha value is -0.540. The van der Waals surface area contributed by atoms with Crippen LogP contribution in [0.4, 0.5) is 13.2 Å². The molecule has 4 heteroatoms. The minimum Gasteiger partial charge on any atom is -0.299 e. The molecule has 0 aromatic rings. The summed E-state index contributed by atoms with van der Waals surface area (Å²) in [7, 11) is 0. The first kappa shape index (κ1) is 9.55. The van der Waals surface area contributed by atoms with Crippen LogP contribution in [0.15, 0.2) is 0 Å². The zero-order valence-corrected chi connectivity index (χ0v) is 6.87. The van der Waals surface area contributed by atoms with E-state index in [1.807, 2.05) is 0 Å². The maximum absolute atomic E-state index is 11.7. The van der Waals surface area contributed by atoms with Gasteiger partial charge in [0.15, 0.2) is 0 Å². The summed E-state index contributed by atoms with van der Waals surface area (Å²) in [5, 5.41) is 0. The highest BCUT2D eigenvalue weighted by Gasteiger charge is 2.45. The largest absolute Gasteiger partial charge is 0.389 e. The van der Waals surface area contributed by atoms with Crippen molar-refractivity contribution in [3.8, 4) is 0 Å². The van der Waals surface area contributed by atoms with E-state index < -0.39 is 18.0 Å². The third kappa shape index (κ3) is 2.50. The van der Waals surface area contributed by atoms with Crippen LogP contribution in [0.1, 0.15) is 32.6 Å². The van der Waals surface area contributed by atoms with Gasteiger partial charge >= 0.3 is 6.18 Å². The highest BCUT2D eigenvalue weighted by Crippen LogP contribution is 2.47. The SMILES string of the molecule is CC1(C(=O)CCC(F)(F)F)CC1. The van der Waals surface area contributed by atoms with E-state index in [1.54, 1.807) is 6.92 Å². The molecule has 1 aliphatic rings. The lowest BCUT2D eigenvalue weighted by Crippen LogP contribution is -2.16. The molecule has 0 N–H and O–H groups in total. The molecule has 70 valence electrons. The van der Waals surface area contributed by atoms with Crippen LogP contribution >= 0.6 is 0 Å².